The highest BCUT2D eigenvalue weighted by Gasteiger charge is 2.13. The molecule has 0 radical (unpaired) electrons. The minimum absolute atomic E-state index is 0.291. The second-order valence-electron chi connectivity index (χ2n) is 5.23. The molecule has 0 unspecified atom stereocenters. The van der Waals surface area contributed by atoms with Gasteiger partial charge in [-0.15, -0.1) is 11.8 Å². The van der Waals surface area contributed by atoms with Crippen molar-refractivity contribution in [3.8, 4) is 0 Å². The van der Waals surface area contributed by atoms with Gasteiger partial charge in [0.25, 0.3) is 5.91 Å². The first kappa shape index (κ1) is 17.2. The highest BCUT2D eigenvalue weighted by atomic mass is 32.2. The number of aromatic nitrogens is 2. The molecule has 25 heavy (non-hydrogen) atoms. The third kappa shape index (κ3) is 4.91. The second kappa shape index (κ2) is 8.46. The first-order valence-electron chi connectivity index (χ1n) is 7.69. The van der Waals surface area contributed by atoms with Crippen LogP contribution in [-0.4, -0.2) is 16.0 Å². The first-order chi connectivity index (χ1) is 12.2. The number of nitrogens with one attached hydrogen (secondary N) is 1. The number of thioether (sulfide) groups is 1. The van der Waals surface area contributed by atoms with Crippen LogP contribution in [0.1, 0.15) is 27.6 Å². The van der Waals surface area contributed by atoms with Gasteiger partial charge >= 0.3 is 0 Å². The zero-order valence-electron chi connectivity index (χ0n) is 13.6. The fourth-order valence-electron chi connectivity index (χ4n) is 2.13. The maximum Gasteiger partial charge on any atom is 0.275 e. The fourth-order valence-corrected chi connectivity index (χ4v) is 3.02. The van der Waals surface area contributed by atoms with E-state index >= 15 is 0 Å². The number of hydrogen-bond acceptors (Lipinski definition) is 6. The van der Waals surface area contributed by atoms with Crippen LogP contribution in [0.15, 0.2) is 64.0 Å². The summed E-state index contributed by atoms with van der Waals surface area (Å²) in [5.41, 5.74) is 4.01. The highest BCUT2D eigenvalue weighted by molar-refractivity contribution is 7.98. The van der Waals surface area contributed by atoms with Crippen LogP contribution in [-0.2, 0) is 17.2 Å². The van der Waals surface area contributed by atoms with Crippen molar-refractivity contribution in [1.29, 1.82) is 0 Å². The van der Waals surface area contributed by atoms with Crippen molar-refractivity contribution in [3.63, 3.8) is 0 Å². The molecule has 2 aromatic carbocycles. The van der Waals surface area contributed by atoms with E-state index in [9.17, 15) is 4.79 Å². The normalized spacial score (nSPS) is 10.6. The van der Waals surface area contributed by atoms with Crippen molar-refractivity contribution in [2.45, 2.75) is 24.2 Å². The van der Waals surface area contributed by atoms with Crippen LogP contribution in [0, 0.1) is 6.92 Å². The van der Waals surface area contributed by atoms with Crippen molar-refractivity contribution in [2.75, 3.05) is 0 Å². The lowest BCUT2D eigenvalue weighted by Gasteiger charge is -2.09. The SMILES string of the molecule is Cc1noc(CSc2ccccc2C(=O)NOCc2ccccc2)n1. The molecule has 0 spiro atoms. The number of hydrogen-bond donors (Lipinski definition) is 1. The van der Waals surface area contributed by atoms with Gasteiger partial charge in [-0.25, -0.2) is 5.48 Å². The zero-order chi connectivity index (χ0) is 17.5. The van der Waals surface area contributed by atoms with Crippen molar-refractivity contribution >= 4 is 17.7 Å². The maximum atomic E-state index is 12.4. The number of amides is 1. The van der Waals surface area contributed by atoms with E-state index in [-0.39, 0.29) is 5.91 Å². The third-order valence-electron chi connectivity index (χ3n) is 3.30. The van der Waals surface area contributed by atoms with Gasteiger partial charge in [0, 0.05) is 4.90 Å². The Morgan fingerprint density at radius 3 is 2.68 bits per heavy atom. The van der Waals surface area contributed by atoms with Crippen molar-refractivity contribution in [3.05, 3.63) is 77.4 Å². The molecule has 6 nitrogen and oxygen atoms in total. The summed E-state index contributed by atoms with van der Waals surface area (Å²) < 4.78 is 5.09. The van der Waals surface area contributed by atoms with Crippen LogP contribution in [0.2, 0.25) is 0 Å². The summed E-state index contributed by atoms with van der Waals surface area (Å²) in [7, 11) is 0. The summed E-state index contributed by atoms with van der Waals surface area (Å²) in [6.45, 7) is 2.08. The average molecular weight is 355 g/mol. The molecule has 0 aliphatic heterocycles. The molecule has 3 rings (SSSR count). The smallest absolute Gasteiger partial charge is 0.275 e. The second-order valence-corrected chi connectivity index (χ2v) is 6.24. The molecular formula is C18H17N3O3S. The molecule has 0 saturated heterocycles. The number of nitrogens with zero attached hydrogens (tertiary/aromatic N) is 2. The van der Waals surface area contributed by atoms with E-state index in [2.05, 4.69) is 15.6 Å². The molecule has 7 heteroatoms. The summed E-state index contributed by atoms with van der Waals surface area (Å²) >= 11 is 1.46. The van der Waals surface area contributed by atoms with E-state index in [1.165, 1.54) is 11.8 Å². The van der Waals surface area contributed by atoms with Gasteiger partial charge in [0.15, 0.2) is 5.82 Å². The molecule has 0 atom stereocenters. The number of hydroxylamine groups is 1. The average Bonchev–Trinajstić information content (AvgIpc) is 3.06. The molecule has 1 N–H and O–H groups in total. The quantitative estimate of drug-likeness (QED) is 0.516. The van der Waals surface area contributed by atoms with E-state index < -0.39 is 0 Å². The van der Waals surface area contributed by atoms with Crippen molar-refractivity contribution in [1.82, 2.24) is 15.6 Å². The van der Waals surface area contributed by atoms with E-state index in [1.807, 2.05) is 48.5 Å². The molecule has 0 aliphatic carbocycles. The molecule has 1 aromatic heterocycles. The standard InChI is InChI=1S/C18H17N3O3S/c1-13-19-17(24-20-13)12-25-16-10-6-5-9-15(16)18(22)21-23-11-14-7-3-2-4-8-14/h2-10H,11-12H2,1H3,(H,21,22). The lowest BCUT2D eigenvalue weighted by atomic mass is 10.2. The molecule has 1 amide bonds. The minimum Gasteiger partial charge on any atom is -0.338 e. The minimum atomic E-state index is -0.291. The number of carbonyl (C=O) groups is 1. The van der Waals surface area contributed by atoms with Gasteiger partial charge in [0.1, 0.15) is 0 Å². The Balaban J connectivity index is 1.58. The summed E-state index contributed by atoms with van der Waals surface area (Å²) in [5, 5.41) is 3.76. The van der Waals surface area contributed by atoms with Crippen molar-refractivity contribution < 1.29 is 14.2 Å². The van der Waals surface area contributed by atoms with Crippen LogP contribution in [0.3, 0.4) is 0 Å². The molecule has 0 saturated carbocycles. The summed E-state index contributed by atoms with van der Waals surface area (Å²) in [5.74, 6) is 1.32. The largest absolute Gasteiger partial charge is 0.338 e. The van der Waals surface area contributed by atoms with Gasteiger partial charge in [0.2, 0.25) is 5.89 Å². The lowest BCUT2D eigenvalue weighted by Crippen LogP contribution is -2.24. The summed E-state index contributed by atoms with van der Waals surface area (Å²) in [4.78, 5) is 22.7. The molecule has 3 aromatic rings. The zero-order valence-corrected chi connectivity index (χ0v) is 14.5. The number of benzene rings is 2. The maximum absolute atomic E-state index is 12.4. The van der Waals surface area contributed by atoms with Crippen LogP contribution < -0.4 is 5.48 Å². The first-order valence-corrected chi connectivity index (χ1v) is 8.68. The van der Waals surface area contributed by atoms with Gasteiger partial charge in [0.05, 0.1) is 17.9 Å². The van der Waals surface area contributed by atoms with Crippen LogP contribution in [0.25, 0.3) is 0 Å². The van der Waals surface area contributed by atoms with Crippen LogP contribution in [0.5, 0.6) is 0 Å². The van der Waals surface area contributed by atoms with E-state index in [4.69, 9.17) is 9.36 Å². The Hall–Kier alpha value is -2.64. The topological polar surface area (TPSA) is 77.2 Å². The summed E-state index contributed by atoms with van der Waals surface area (Å²) in [6.07, 6.45) is 0. The Morgan fingerprint density at radius 2 is 1.92 bits per heavy atom. The van der Waals surface area contributed by atoms with Gasteiger partial charge in [-0.05, 0) is 24.6 Å². The highest BCUT2D eigenvalue weighted by Crippen LogP contribution is 2.25. The van der Waals surface area contributed by atoms with Crippen LogP contribution >= 0.6 is 11.8 Å². The Morgan fingerprint density at radius 1 is 1.16 bits per heavy atom. The van der Waals surface area contributed by atoms with Gasteiger partial charge in [-0.3, -0.25) is 9.63 Å². The monoisotopic (exact) mass is 355 g/mol. The molecule has 0 fully saturated rings. The molecule has 1 heterocycles. The van der Waals surface area contributed by atoms with E-state index in [0.717, 1.165) is 10.5 Å². The van der Waals surface area contributed by atoms with Gasteiger partial charge in [-0.2, -0.15) is 4.98 Å². The molecule has 0 bridgehead atoms. The number of carbonyl (C=O) groups excluding carboxylic acids is 1. The third-order valence-corrected chi connectivity index (χ3v) is 4.36. The van der Waals surface area contributed by atoms with E-state index in [0.29, 0.717) is 29.6 Å². The lowest BCUT2D eigenvalue weighted by molar-refractivity contribution is 0.0231. The predicted octanol–water partition coefficient (Wildman–Crippen LogP) is 3.53. The number of rotatable bonds is 7. The van der Waals surface area contributed by atoms with E-state index in [1.54, 1.807) is 13.0 Å². The molecule has 128 valence electrons. The summed E-state index contributed by atoms with van der Waals surface area (Å²) in [6, 6.07) is 17.0. The Kier molecular flexibility index (Phi) is 5.81. The Bertz CT molecular complexity index is 836. The van der Waals surface area contributed by atoms with Gasteiger partial charge < -0.3 is 4.52 Å². The molecule has 0 aliphatic rings. The van der Waals surface area contributed by atoms with Crippen LogP contribution in [0.4, 0.5) is 0 Å². The number of aryl methyl sites for hydroxylation is 1. The Labute approximate surface area is 149 Å². The fraction of sp³-hybridized carbons (Fsp3) is 0.167. The van der Waals surface area contributed by atoms with Crippen molar-refractivity contribution in [2.24, 2.45) is 0 Å². The van der Waals surface area contributed by atoms with Gasteiger partial charge in [-0.1, -0.05) is 47.6 Å². The molecular weight excluding hydrogens is 338 g/mol. The predicted molar refractivity (Wildman–Crippen MR) is 93.7 cm³/mol.